The molecule has 2 aromatic heterocycles. The van der Waals surface area contributed by atoms with Crippen LogP contribution in [0.25, 0.3) is 22.2 Å². The number of pyridine rings is 1. The number of nitrogens with zero attached hydrogens (tertiary/aromatic N) is 2. The number of esters is 2. The highest BCUT2D eigenvalue weighted by atomic mass is 19.4. The van der Waals surface area contributed by atoms with E-state index in [9.17, 15) is 27.6 Å². The monoisotopic (exact) mass is 464 g/mol. The van der Waals surface area contributed by atoms with Gasteiger partial charge in [-0.2, -0.15) is 13.2 Å². The van der Waals surface area contributed by atoms with Crippen molar-refractivity contribution in [3.05, 3.63) is 51.4 Å². The molecule has 8 nitrogen and oxygen atoms in total. The third kappa shape index (κ3) is 4.63. The van der Waals surface area contributed by atoms with Crippen LogP contribution in [0.1, 0.15) is 28.5 Å². The number of aryl methyl sites for hydroxylation is 1. The van der Waals surface area contributed by atoms with E-state index in [4.69, 9.17) is 5.73 Å². The standard InChI is InChI=1S/C22H23F3N4O4/c1-5-14-17(26)16(20(31)33-21(32)22(23,24)25)19(30)27-18(14)11-6-7-15-12(8-11)9-13(29(15)4)10-28(2)3/h6-9H,5,10H2,1-4H3,(H3,26,27,30). The van der Waals surface area contributed by atoms with Gasteiger partial charge in [0.2, 0.25) is 0 Å². The number of rotatable bonds is 5. The molecule has 3 N–H and O–H groups in total. The van der Waals surface area contributed by atoms with E-state index < -0.39 is 29.2 Å². The number of alkyl halides is 3. The van der Waals surface area contributed by atoms with Gasteiger partial charge in [0.25, 0.3) is 5.56 Å². The molecule has 2 heterocycles. The van der Waals surface area contributed by atoms with E-state index in [0.29, 0.717) is 16.8 Å². The Balaban J connectivity index is 2.09. The van der Waals surface area contributed by atoms with Crippen molar-refractivity contribution in [2.75, 3.05) is 19.8 Å². The van der Waals surface area contributed by atoms with Crippen molar-refractivity contribution in [2.45, 2.75) is 26.1 Å². The first-order valence-electron chi connectivity index (χ1n) is 9.96. The molecule has 3 aromatic rings. The number of hydrogen-bond donors (Lipinski definition) is 2. The van der Waals surface area contributed by atoms with Crippen molar-refractivity contribution in [2.24, 2.45) is 7.05 Å². The van der Waals surface area contributed by atoms with E-state index >= 15 is 0 Å². The Hall–Kier alpha value is -3.60. The van der Waals surface area contributed by atoms with Gasteiger partial charge in [-0.05, 0) is 44.3 Å². The highest BCUT2D eigenvalue weighted by molar-refractivity contribution is 6.02. The molecule has 0 fully saturated rings. The molecule has 1 aromatic carbocycles. The van der Waals surface area contributed by atoms with Gasteiger partial charge in [-0.1, -0.05) is 13.0 Å². The van der Waals surface area contributed by atoms with Crippen LogP contribution in [0.5, 0.6) is 0 Å². The molecule has 0 bridgehead atoms. The zero-order valence-corrected chi connectivity index (χ0v) is 18.5. The Labute approximate surface area is 186 Å². The van der Waals surface area contributed by atoms with Crippen LogP contribution < -0.4 is 11.3 Å². The fourth-order valence-electron chi connectivity index (χ4n) is 3.71. The van der Waals surface area contributed by atoms with Gasteiger partial charge >= 0.3 is 18.1 Å². The highest BCUT2D eigenvalue weighted by Gasteiger charge is 2.43. The van der Waals surface area contributed by atoms with Crippen LogP contribution in [0.15, 0.2) is 29.1 Å². The van der Waals surface area contributed by atoms with Crippen LogP contribution in [0.4, 0.5) is 18.9 Å². The molecule has 0 radical (unpaired) electrons. The quantitative estimate of drug-likeness (QED) is 0.444. The summed E-state index contributed by atoms with van der Waals surface area (Å²) in [7, 11) is 5.86. The predicted molar refractivity (Wildman–Crippen MR) is 117 cm³/mol. The van der Waals surface area contributed by atoms with Crippen LogP contribution >= 0.6 is 0 Å². The molecule has 0 saturated carbocycles. The molecule has 0 saturated heterocycles. The van der Waals surface area contributed by atoms with Crippen molar-refractivity contribution >= 4 is 28.5 Å². The molecule has 0 amide bonds. The van der Waals surface area contributed by atoms with E-state index in [-0.39, 0.29) is 12.1 Å². The summed E-state index contributed by atoms with van der Waals surface area (Å²) in [4.78, 5) is 40.3. The molecule has 0 spiro atoms. The number of H-pyrrole nitrogens is 1. The zero-order chi connectivity index (χ0) is 24.7. The molecule has 0 unspecified atom stereocenters. The van der Waals surface area contributed by atoms with Gasteiger partial charge in [0.1, 0.15) is 5.56 Å². The number of aromatic nitrogens is 2. The number of nitrogen functional groups attached to an aromatic ring is 1. The highest BCUT2D eigenvalue weighted by Crippen LogP contribution is 2.31. The van der Waals surface area contributed by atoms with Gasteiger partial charge in [0, 0.05) is 35.8 Å². The maximum absolute atomic E-state index is 12.6. The van der Waals surface area contributed by atoms with Gasteiger partial charge in [0.05, 0.1) is 11.4 Å². The molecule has 11 heteroatoms. The Morgan fingerprint density at radius 3 is 2.45 bits per heavy atom. The van der Waals surface area contributed by atoms with Gasteiger partial charge < -0.3 is 24.9 Å². The van der Waals surface area contributed by atoms with Crippen molar-refractivity contribution in [3.8, 4) is 11.3 Å². The summed E-state index contributed by atoms with van der Waals surface area (Å²) < 4.78 is 43.2. The number of nitrogens with two attached hydrogens (primary N) is 1. The number of carbonyl (C=O) groups excluding carboxylic acids is 2. The van der Waals surface area contributed by atoms with Crippen molar-refractivity contribution in [1.82, 2.24) is 14.5 Å². The Morgan fingerprint density at radius 1 is 1.21 bits per heavy atom. The lowest BCUT2D eigenvalue weighted by Gasteiger charge is -2.14. The molecule has 176 valence electrons. The lowest BCUT2D eigenvalue weighted by molar-refractivity contribution is -0.193. The first-order valence-corrected chi connectivity index (χ1v) is 9.96. The number of halogens is 3. The van der Waals surface area contributed by atoms with Gasteiger partial charge in [-0.15, -0.1) is 0 Å². The minimum absolute atomic E-state index is 0.254. The number of fused-ring (bicyclic) bond motifs is 1. The van der Waals surface area contributed by atoms with Crippen LogP contribution in [-0.2, 0) is 29.5 Å². The largest absolute Gasteiger partial charge is 0.491 e. The van der Waals surface area contributed by atoms with Crippen LogP contribution in [0, 0.1) is 0 Å². The number of aromatic amines is 1. The van der Waals surface area contributed by atoms with Crippen LogP contribution in [-0.4, -0.2) is 46.7 Å². The van der Waals surface area contributed by atoms with Gasteiger partial charge in [-0.3, -0.25) is 4.79 Å². The third-order valence-corrected chi connectivity index (χ3v) is 5.25. The number of hydrogen-bond acceptors (Lipinski definition) is 6. The molecular formula is C22H23F3N4O4. The Morgan fingerprint density at radius 2 is 1.88 bits per heavy atom. The maximum Gasteiger partial charge on any atom is 0.491 e. The average molecular weight is 464 g/mol. The fourth-order valence-corrected chi connectivity index (χ4v) is 3.71. The summed E-state index contributed by atoms with van der Waals surface area (Å²) in [6, 6.07) is 7.52. The van der Waals surface area contributed by atoms with Crippen molar-refractivity contribution < 1.29 is 27.5 Å². The zero-order valence-electron chi connectivity index (χ0n) is 18.5. The summed E-state index contributed by atoms with van der Waals surface area (Å²) in [6.45, 7) is 2.43. The molecule has 0 aliphatic heterocycles. The number of benzene rings is 1. The Kier molecular flexibility index (Phi) is 6.37. The van der Waals surface area contributed by atoms with Crippen molar-refractivity contribution in [1.29, 1.82) is 0 Å². The molecule has 0 atom stereocenters. The predicted octanol–water partition coefficient (Wildman–Crippen LogP) is 2.99. The minimum Gasteiger partial charge on any atom is -0.398 e. The third-order valence-electron chi connectivity index (χ3n) is 5.25. The molecule has 0 aliphatic carbocycles. The molecule has 0 aliphatic rings. The molecular weight excluding hydrogens is 441 g/mol. The topological polar surface area (TPSA) is 110 Å². The second-order valence-corrected chi connectivity index (χ2v) is 7.83. The summed E-state index contributed by atoms with van der Waals surface area (Å²) >= 11 is 0. The van der Waals surface area contributed by atoms with Gasteiger partial charge in [0.15, 0.2) is 0 Å². The van der Waals surface area contributed by atoms with E-state index in [2.05, 4.69) is 9.72 Å². The summed E-state index contributed by atoms with van der Waals surface area (Å²) in [6.07, 6.45) is -5.13. The average Bonchev–Trinajstić information content (AvgIpc) is 3.01. The number of carbonyl (C=O) groups is 2. The summed E-state index contributed by atoms with van der Waals surface area (Å²) in [5.41, 5.74) is 7.07. The first-order chi connectivity index (χ1) is 15.3. The second-order valence-electron chi connectivity index (χ2n) is 7.83. The second kappa shape index (κ2) is 8.74. The van der Waals surface area contributed by atoms with E-state index in [0.717, 1.165) is 23.1 Å². The lowest BCUT2D eigenvalue weighted by Crippen LogP contribution is -2.31. The molecule has 3 rings (SSSR count). The van der Waals surface area contributed by atoms with Gasteiger partial charge in [-0.25, -0.2) is 9.59 Å². The van der Waals surface area contributed by atoms with E-state index in [1.807, 2.05) is 48.8 Å². The number of ether oxygens (including phenoxy) is 1. The molecule has 33 heavy (non-hydrogen) atoms. The van der Waals surface area contributed by atoms with Crippen LogP contribution in [0.3, 0.4) is 0 Å². The van der Waals surface area contributed by atoms with Crippen LogP contribution in [0.2, 0.25) is 0 Å². The summed E-state index contributed by atoms with van der Waals surface area (Å²) in [5, 5.41) is 0.910. The Bertz CT molecular complexity index is 1310. The number of anilines is 1. The SMILES string of the molecule is CCc1c(-c2ccc3c(c2)cc(CN(C)C)n3C)[nH]c(=O)c(C(=O)OC(=O)C(F)(F)F)c1N. The van der Waals surface area contributed by atoms with E-state index in [1.54, 1.807) is 13.0 Å². The summed E-state index contributed by atoms with van der Waals surface area (Å²) in [5.74, 6) is -4.49. The van der Waals surface area contributed by atoms with E-state index in [1.165, 1.54) is 0 Å². The maximum atomic E-state index is 12.6. The smallest absolute Gasteiger partial charge is 0.398 e. The fraction of sp³-hybridized carbons (Fsp3) is 0.318. The normalized spacial score (nSPS) is 11.9. The van der Waals surface area contributed by atoms with Crippen molar-refractivity contribution in [3.63, 3.8) is 0 Å². The first kappa shape index (κ1) is 24.1. The lowest BCUT2D eigenvalue weighted by atomic mass is 9.99. The minimum atomic E-state index is -5.39. The number of nitrogens with one attached hydrogen (secondary N) is 1.